The largest absolute Gasteiger partial charge is 0.458 e. The minimum Gasteiger partial charge on any atom is -0.458 e. The number of carbonyl (C=O) groups excluding carboxylic acids is 2. The Hall–Kier alpha value is -4.86. The van der Waals surface area contributed by atoms with E-state index in [1.54, 1.807) is 0 Å². The number of H-pyrrole nitrogens is 3. The van der Waals surface area contributed by atoms with Crippen LogP contribution in [0.4, 0.5) is 0 Å². The summed E-state index contributed by atoms with van der Waals surface area (Å²) in [7, 11) is 1.41. The van der Waals surface area contributed by atoms with E-state index in [-0.39, 0.29) is 24.3 Å². The summed E-state index contributed by atoms with van der Waals surface area (Å²) in [5.74, 6) is 0.540. The van der Waals surface area contributed by atoms with Crippen LogP contribution in [0.2, 0.25) is 0 Å². The highest BCUT2D eigenvalue weighted by molar-refractivity contribution is 6.11. The maximum Gasteiger partial charge on any atom is 0.331 e. The first-order valence-corrected chi connectivity index (χ1v) is 24.0. The standard InChI is InChI=1S/C55H76N4O5/c1-13-39-35(8)42-28-44-37(10)41(24-25-48(60)64-27-26-34(7)23-17-22-33(6)21-16-20-32(5)19-15-18-31(3)4)52(58-44)50-51(55(62)63-12)54(61)49-38(11)45(59-53(49)50)30-47-40(14-2)36(9)43(57-47)29-46(39)56-42/h13,24-26,28-33,37,44,51,55-59,62H,1,14-23,27H2,2-12H3/b25-24-,34-26+,42-28-,45-30-,46-29-/t32-,33-,37+,44?,51-,55?/m1/s1. The second-order valence-electron chi connectivity index (χ2n) is 19.5. The van der Waals surface area contributed by atoms with Crippen molar-refractivity contribution in [1.82, 2.24) is 20.3 Å². The van der Waals surface area contributed by atoms with Crippen molar-refractivity contribution in [3.05, 3.63) is 108 Å². The summed E-state index contributed by atoms with van der Waals surface area (Å²) < 4.78 is 11.2. The first kappa shape index (κ1) is 48.6. The molecule has 0 aromatic carbocycles. The molecule has 2 aliphatic heterocycles. The third-order valence-electron chi connectivity index (χ3n) is 14.3. The maximum atomic E-state index is 14.5. The summed E-state index contributed by atoms with van der Waals surface area (Å²) in [5.41, 5.74) is 11.1. The highest BCUT2D eigenvalue weighted by Crippen LogP contribution is 2.39. The number of ketones is 1. The van der Waals surface area contributed by atoms with E-state index in [9.17, 15) is 14.7 Å². The molecule has 3 aromatic heterocycles. The van der Waals surface area contributed by atoms with Gasteiger partial charge < -0.3 is 34.8 Å². The zero-order valence-corrected chi connectivity index (χ0v) is 40.6. The van der Waals surface area contributed by atoms with Crippen LogP contribution in [-0.4, -0.2) is 57.9 Å². The smallest absolute Gasteiger partial charge is 0.331 e. The Morgan fingerprint density at radius 1 is 0.891 bits per heavy atom. The average molecular weight is 873 g/mol. The molecule has 2 unspecified atom stereocenters. The second-order valence-corrected chi connectivity index (χ2v) is 19.5. The minimum atomic E-state index is -1.39. The van der Waals surface area contributed by atoms with Crippen molar-refractivity contribution >= 4 is 41.6 Å². The van der Waals surface area contributed by atoms with Crippen LogP contribution in [-0.2, 0) is 20.7 Å². The fraction of sp³-hybridized carbons (Fsp3) is 0.527. The fourth-order valence-electron chi connectivity index (χ4n) is 10.2. The van der Waals surface area contributed by atoms with Gasteiger partial charge >= 0.3 is 5.97 Å². The van der Waals surface area contributed by atoms with Crippen LogP contribution in [0.15, 0.2) is 41.7 Å². The molecule has 6 atom stereocenters. The molecule has 64 heavy (non-hydrogen) atoms. The summed E-state index contributed by atoms with van der Waals surface area (Å²) in [6.45, 7) is 26.3. The van der Waals surface area contributed by atoms with Crippen LogP contribution in [0.3, 0.4) is 0 Å². The van der Waals surface area contributed by atoms with Crippen LogP contribution in [0.1, 0.15) is 156 Å². The van der Waals surface area contributed by atoms with E-state index in [2.05, 4.69) is 107 Å². The summed E-state index contributed by atoms with van der Waals surface area (Å²) >= 11 is 0. The van der Waals surface area contributed by atoms with Crippen molar-refractivity contribution in [2.75, 3.05) is 13.7 Å². The number of esters is 1. The minimum absolute atomic E-state index is 0.145. The molecule has 0 radical (unpaired) electrons. The number of allylic oxidation sites excluding steroid dienone is 3. The summed E-state index contributed by atoms with van der Waals surface area (Å²) in [6.07, 6.45) is 24.3. The van der Waals surface area contributed by atoms with Gasteiger partial charge in [-0.15, -0.1) is 0 Å². The van der Waals surface area contributed by atoms with Crippen LogP contribution in [0.25, 0.3) is 29.9 Å². The number of carbonyl (C=O) groups is 2. The molecule has 9 heteroatoms. The third-order valence-corrected chi connectivity index (χ3v) is 14.3. The number of aromatic nitrogens is 3. The lowest BCUT2D eigenvalue weighted by Crippen LogP contribution is -2.33. The molecular formula is C55H76N4O5. The summed E-state index contributed by atoms with van der Waals surface area (Å²) in [4.78, 5) is 38.8. The van der Waals surface area contributed by atoms with Crippen LogP contribution in [0, 0.1) is 50.4 Å². The number of aromatic amines is 3. The molecule has 0 amide bonds. The number of Topliss-reactive ketones (excluding diaryl/α,β-unsaturated/α-hetero) is 1. The van der Waals surface area contributed by atoms with Gasteiger partial charge in [-0.3, -0.25) is 4.79 Å². The van der Waals surface area contributed by atoms with E-state index < -0.39 is 18.2 Å². The molecular weight excluding hydrogens is 797 g/mol. The highest BCUT2D eigenvalue weighted by Gasteiger charge is 2.44. The molecule has 8 bridgehead atoms. The fourth-order valence-corrected chi connectivity index (χ4v) is 10.2. The molecule has 0 spiro atoms. The quantitative estimate of drug-likeness (QED) is 0.0335. The van der Waals surface area contributed by atoms with Gasteiger partial charge in [0.2, 0.25) is 0 Å². The highest BCUT2D eigenvalue weighted by atomic mass is 16.6. The van der Waals surface area contributed by atoms with Crippen molar-refractivity contribution in [3.63, 3.8) is 0 Å². The molecule has 0 fully saturated rings. The van der Waals surface area contributed by atoms with Crippen molar-refractivity contribution in [2.24, 2.45) is 29.6 Å². The second kappa shape index (κ2) is 21.4. The Balaban J connectivity index is 1.26. The summed E-state index contributed by atoms with van der Waals surface area (Å²) in [6, 6.07) is -0.238. The molecule has 5 N–H and O–H groups in total. The van der Waals surface area contributed by atoms with Gasteiger partial charge in [-0.05, 0) is 123 Å². The van der Waals surface area contributed by atoms with Crippen molar-refractivity contribution in [1.29, 1.82) is 0 Å². The Bertz CT molecular complexity index is 2560. The van der Waals surface area contributed by atoms with Crippen molar-refractivity contribution < 1.29 is 24.2 Å². The molecule has 9 nitrogen and oxygen atoms in total. The number of fused-ring (bicyclic) bond motifs is 8. The number of methoxy groups -OCH3 is 1. The Labute approximate surface area is 381 Å². The number of aliphatic hydroxyl groups is 1. The van der Waals surface area contributed by atoms with Gasteiger partial charge in [0.05, 0.1) is 11.4 Å². The van der Waals surface area contributed by atoms with Crippen LogP contribution in [0.5, 0.6) is 0 Å². The van der Waals surface area contributed by atoms with E-state index in [0.29, 0.717) is 28.1 Å². The average Bonchev–Trinajstić information content (AvgIpc) is 3.99. The lowest BCUT2D eigenvalue weighted by Gasteiger charge is -2.21. The predicted octanol–water partition coefficient (Wildman–Crippen LogP) is 8.53. The van der Waals surface area contributed by atoms with Gasteiger partial charge in [-0.25, -0.2) is 4.79 Å². The maximum absolute atomic E-state index is 14.5. The Morgan fingerprint density at radius 3 is 2.22 bits per heavy atom. The first-order chi connectivity index (χ1) is 30.6. The number of aliphatic hydroxyl groups excluding tert-OH is 1. The number of rotatable bonds is 20. The normalized spacial score (nSPS) is 21.4. The van der Waals surface area contributed by atoms with E-state index in [4.69, 9.17) is 9.47 Å². The summed E-state index contributed by atoms with van der Waals surface area (Å²) in [5, 5.41) is 18.4. The Morgan fingerprint density at radius 2 is 1.56 bits per heavy atom. The molecule has 5 heterocycles. The van der Waals surface area contributed by atoms with Gasteiger partial charge in [0, 0.05) is 68.9 Å². The molecule has 346 valence electrons. The molecule has 3 aromatic rings. The first-order valence-electron chi connectivity index (χ1n) is 24.0. The van der Waals surface area contributed by atoms with Crippen LogP contribution >= 0.6 is 0 Å². The third kappa shape index (κ3) is 10.6. The number of hydrogen-bond acceptors (Lipinski definition) is 6. The number of ether oxygens (including phenoxy) is 2. The zero-order valence-electron chi connectivity index (χ0n) is 40.6. The van der Waals surface area contributed by atoms with E-state index in [1.165, 1.54) is 69.3 Å². The lowest BCUT2D eigenvalue weighted by molar-refractivity contribution is -0.136. The lowest BCUT2D eigenvalue weighted by atomic mass is 9.90. The molecule has 0 saturated carbocycles. The zero-order chi connectivity index (χ0) is 46.4. The Kier molecular flexibility index (Phi) is 16.3. The number of nitrogens with one attached hydrogen (secondary N) is 4. The van der Waals surface area contributed by atoms with Crippen LogP contribution < -0.4 is 26.7 Å². The molecule has 0 saturated heterocycles. The van der Waals surface area contributed by atoms with Gasteiger partial charge in [-0.2, -0.15) is 0 Å². The molecule has 6 rings (SSSR count). The SMILES string of the molecule is C=Cc1c(C)/c2[nH]/c1=C\c1[nH]c(c(CC)c1C)/C=c1\[nH]c3c(c1C)C(=O)[C@H](C(O)OC)C=3C1=C(/C=C\C(=O)OC/C=C(\C)CCC[C@H](C)CCC[C@H](C)CCCC(C)C)[C@H](C)C(\C=2)N1. The van der Waals surface area contributed by atoms with Gasteiger partial charge in [0.25, 0.3) is 0 Å². The van der Waals surface area contributed by atoms with Gasteiger partial charge in [0.1, 0.15) is 12.5 Å². The van der Waals surface area contributed by atoms with Crippen molar-refractivity contribution in [3.8, 4) is 0 Å². The molecule has 3 aliphatic rings. The monoisotopic (exact) mass is 873 g/mol. The van der Waals surface area contributed by atoms with E-state index in [1.807, 2.05) is 25.2 Å². The predicted molar refractivity (Wildman–Crippen MR) is 262 cm³/mol. The van der Waals surface area contributed by atoms with Gasteiger partial charge in [0.15, 0.2) is 12.1 Å². The van der Waals surface area contributed by atoms with Gasteiger partial charge in [-0.1, -0.05) is 105 Å². The van der Waals surface area contributed by atoms with E-state index in [0.717, 1.165) is 86.4 Å². The topological polar surface area (TPSA) is 132 Å². The molecule has 1 aliphatic carbocycles. The van der Waals surface area contributed by atoms with E-state index >= 15 is 0 Å². The number of hydrogen-bond donors (Lipinski definition) is 5. The van der Waals surface area contributed by atoms with Crippen molar-refractivity contribution in [2.45, 2.75) is 146 Å².